The smallest absolute Gasteiger partial charge is 0.236 e. The summed E-state index contributed by atoms with van der Waals surface area (Å²) in [7, 11) is 0. The van der Waals surface area contributed by atoms with Gasteiger partial charge in [0.15, 0.2) is 5.82 Å². The van der Waals surface area contributed by atoms with Crippen molar-refractivity contribution in [1.29, 1.82) is 0 Å². The number of halogens is 2. The second kappa shape index (κ2) is 5.94. The number of nitrogens with two attached hydrogens (primary N) is 1. The molecule has 0 unspecified atom stereocenters. The highest BCUT2D eigenvalue weighted by Crippen LogP contribution is 2.49. The molecule has 0 atom stereocenters. The van der Waals surface area contributed by atoms with Crippen molar-refractivity contribution in [3.05, 3.63) is 71.9 Å². The molecule has 0 aliphatic heterocycles. The van der Waals surface area contributed by atoms with Gasteiger partial charge in [-0.2, -0.15) is 5.10 Å². The van der Waals surface area contributed by atoms with E-state index in [-0.39, 0.29) is 17.4 Å². The van der Waals surface area contributed by atoms with Crippen molar-refractivity contribution in [2.75, 3.05) is 11.1 Å². The number of carbonyl (C=O) groups excluding carboxylic acids is 1. The second-order valence-corrected chi connectivity index (χ2v) is 6.37. The highest BCUT2D eigenvalue weighted by molar-refractivity contribution is 6.00. The summed E-state index contributed by atoms with van der Waals surface area (Å²) in [6, 6.07) is 12.2. The third-order valence-corrected chi connectivity index (χ3v) is 4.65. The number of rotatable bonds is 4. The molecule has 1 aliphatic rings. The molecule has 1 aromatic heterocycles. The largest absolute Gasteiger partial charge is 0.396 e. The summed E-state index contributed by atoms with van der Waals surface area (Å²) >= 11 is 0. The maximum atomic E-state index is 14.1. The third-order valence-electron chi connectivity index (χ3n) is 4.65. The van der Waals surface area contributed by atoms with Gasteiger partial charge in [0.2, 0.25) is 5.91 Å². The van der Waals surface area contributed by atoms with Gasteiger partial charge in [-0.3, -0.25) is 4.79 Å². The lowest BCUT2D eigenvalue weighted by Gasteiger charge is -2.15. The summed E-state index contributed by atoms with van der Waals surface area (Å²) < 4.78 is 28.8. The van der Waals surface area contributed by atoms with Crippen molar-refractivity contribution in [1.82, 2.24) is 9.78 Å². The number of carbonyl (C=O) groups is 1. The zero-order valence-corrected chi connectivity index (χ0v) is 13.7. The van der Waals surface area contributed by atoms with Gasteiger partial charge in [-0.25, -0.2) is 13.5 Å². The van der Waals surface area contributed by atoms with Crippen LogP contribution in [0.15, 0.2) is 54.7 Å². The summed E-state index contributed by atoms with van der Waals surface area (Å²) in [5.41, 5.74) is 5.72. The lowest BCUT2D eigenvalue weighted by atomic mass is 9.94. The summed E-state index contributed by atoms with van der Waals surface area (Å²) in [4.78, 5) is 12.7. The van der Waals surface area contributed by atoms with Crippen LogP contribution in [0.3, 0.4) is 0 Å². The summed E-state index contributed by atoms with van der Waals surface area (Å²) in [5.74, 6) is -0.838. The number of nitrogens with zero attached hydrogens (tertiary/aromatic N) is 2. The fourth-order valence-corrected chi connectivity index (χ4v) is 3.04. The fraction of sp³-hybridized carbons (Fsp3) is 0.158. The maximum absolute atomic E-state index is 14.1. The summed E-state index contributed by atoms with van der Waals surface area (Å²) in [6.45, 7) is 0. The third kappa shape index (κ3) is 2.71. The summed E-state index contributed by atoms with van der Waals surface area (Å²) in [6.07, 6.45) is 2.81. The van der Waals surface area contributed by atoms with Gasteiger partial charge in [0.05, 0.1) is 16.8 Å². The molecule has 0 radical (unpaired) electrons. The maximum Gasteiger partial charge on any atom is 0.236 e. The molecule has 1 amide bonds. The summed E-state index contributed by atoms with van der Waals surface area (Å²) in [5, 5.41) is 7.01. The lowest BCUT2D eigenvalue weighted by molar-refractivity contribution is -0.118. The number of nitrogens with one attached hydrogen (secondary N) is 1. The van der Waals surface area contributed by atoms with Gasteiger partial charge in [0, 0.05) is 17.8 Å². The van der Waals surface area contributed by atoms with Gasteiger partial charge in [-0.1, -0.05) is 18.2 Å². The van der Waals surface area contributed by atoms with E-state index in [1.165, 1.54) is 28.9 Å². The standard InChI is InChI=1S/C19H16F2N4O/c20-14-4-2-1-3-13(14)19(8-9-19)18(26)23-17-7-10-25(24-17)12-5-6-15(21)16(22)11-12/h1-7,10-11H,8-9,22H2,(H,23,24,26). The van der Waals surface area contributed by atoms with Crippen molar-refractivity contribution in [2.45, 2.75) is 18.3 Å². The van der Waals surface area contributed by atoms with E-state index in [0.29, 0.717) is 29.9 Å². The first-order chi connectivity index (χ1) is 12.5. The Hall–Kier alpha value is -3.22. The molecular weight excluding hydrogens is 338 g/mol. The molecule has 0 bridgehead atoms. The van der Waals surface area contributed by atoms with E-state index >= 15 is 0 Å². The highest BCUT2D eigenvalue weighted by atomic mass is 19.1. The molecule has 2 aromatic carbocycles. The Morgan fingerprint density at radius 2 is 1.88 bits per heavy atom. The van der Waals surface area contributed by atoms with Gasteiger partial charge < -0.3 is 11.1 Å². The van der Waals surface area contributed by atoms with Crippen LogP contribution in [0.2, 0.25) is 0 Å². The number of amides is 1. The number of aromatic nitrogens is 2. The predicted octanol–water partition coefficient (Wildman–Crippen LogP) is 3.40. The van der Waals surface area contributed by atoms with Crippen LogP contribution in [0.4, 0.5) is 20.3 Å². The van der Waals surface area contributed by atoms with Gasteiger partial charge in [-0.05, 0) is 37.1 Å². The molecule has 1 fully saturated rings. The molecule has 0 spiro atoms. The molecule has 1 heterocycles. The van der Waals surface area contributed by atoms with Crippen molar-refractivity contribution >= 4 is 17.4 Å². The molecule has 132 valence electrons. The average molecular weight is 354 g/mol. The highest BCUT2D eigenvalue weighted by Gasteiger charge is 2.52. The number of hydrogen-bond acceptors (Lipinski definition) is 3. The Balaban J connectivity index is 1.55. The first-order valence-corrected chi connectivity index (χ1v) is 8.17. The molecule has 7 heteroatoms. The number of anilines is 2. The predicted molar refractivity (Wildman–Crippen MR) is 93.9 cm³/mol. The van der Waals surface area contributed by atoms with Crippen LogP contribution in [0, 0.1) is 11.6 Å². The van der Waals surface area contributed by atoms with Crippen LogP contribution in [-0.4, -0.2) is 15.7 Å². The Morgan fingerprint density at radius 1 is 1.12 bits per heavy atom. The molecule has 26 heavy (non-hydrogen) atoms. The molecule has 3 aromatic rings. The second-order valence-electron chi connectivity index (χ2n) is 6.37. The van der Waals surface area contributed by atoms with Gasteiger partial charge in [-0.15, -0.1) is 0 Å². The fourth-order valence-electron chi connectivity index (χ4n) is 3.04. The molecule has 3 N–H and O–H groups in total. The van der Waals surface area contributed by atoms with E-state index in [4.69, 9.17) is 5.73 Å². The molecule has 5 nitrogen and oxygen atoms in total. The van der Waals surface area contributed by atoms with Gasteiger partial charge in [0.25, 0.3) is 0 Å². The molecule has 0 saturated heterocycles. The molecule has 4 rings (SSSR count). The molecule has 1 saturated carbocycles. The number of hydrogen-bond donors (Lipinski definition) is 2. The minimum Gasteiger partial charge on any atom is -0.396 e. The van der Waals surface area contributed by atoms with Crippen LogP contribution in [-0.2, 0) is 10.2 Å². The lowest BCUT2D eigenvalue weighted by Crippen LogP contribution is -2.29. The Labute approximate surface area is 148 Å². The zero-order valence-electron chi connectivity index (χ0n) is 13.7. The van der Waals surface area contributed by atoms with Crippen molar-refractivity contribution in [3.63, 3.8) is 0 Å². The van der Waals surface area contributed by atoms with Crippen LogP contribution in [0.1, 0.15) is 18.4 Å². The van der Waals surface area contributed by atoms with E-state index in [1.54, 1.807) is 30.5 Å². The Morgan fingerprint density at radius 3 is 2.58 bits per heavy atom. The quantitative estimate of drug-likeness (QED) is 0.705. The molecule has 1 aliphatic carbocycles. The average Bonchev–Trinajstić information content (AvgIpc) is 3.31. The number of benzene rings is 2. The van der Waals surface area contributed by atoms with Crippen LogP contribution < -0.4 is 11.1 Å². The Bertz CT molecular complexity index is 995. The van der Waals surface area contributed by atoms with Crippen molar-refractivity contribution < 1.29 is 13.6 Å². The topological polar surface area (TPSA) is 72.9 Å². The van der Waals surface area contributed by atoms with Crippen LogP contribution >= 0.6 is 0 Å². The Kier molecular flexibility index (Phi) is 3.72. The van der Waals surface area contributed by atoms with Crippen molar-refractivity contribution in [3.8, 4) is 5.69 Å². The van der Waals surface area contributed by atoms with Crippen LogP contribution in [0.5, 0.6) is 0 Å². The van der Waals surface area contributed by atoms with Gasteiger partial charge in [0.1, 0.15) is 11.6 Å². The minimum atomic E-state index is -0.838. The SMILES string of the molecule is Nc1cc(-n2ccc(NC(=O)C3(c4ccccc4F)CC3)n2)ccc1F. The van der Waals surface area contributed by atoms with Crippen molar-refractivity contribution in [2.24, 2.45) is 0 Å². The van der Waals surface area contributed by atoms with E-state index in [1.807, 2.05) is 0 Å². The zero-order chi connectivity index (χ0) is 18.3. The first-order valence-electron chi connectivity index (χ1n) is 8.17. The minimum absolute atomic E-state index is 0.0140. The van der Waals surface area contributed by atoms with Crippen LogP contribution in [0.25, 0.3) is 5.69 Å². The van der Waals surface area contributed by atoms with E-state index in [2.05, 4.69) is 10.4 Å². The first kappa shape index (κ1) is 16.3. The molecular formula is C19H16F2N4O. The van der Waals surface area contributed by atoms with E-state index < -0.39 is 11.2 Å². The monoisotopic (exact) mass is 354 g/mol. The van der Waals surface area contributed by atoms with E-state index in [9.17, 15) is 13.6 Å². The van der Waals surface area contributed by atoms with E-state index in [0.717, 1.165) is 0 Å². The van der Waals surface area contributed by atoms with Gasteiger partial charge >= 0.3 is 0 Å². The number of nitrogen functional groups attached to an aromatic ring is 1. The normalized spacial score (nSPS) is 14.8.